The molecule has 1 aromatic heterocycles. The Kier molecular flexibility index (Phi) is 3.42. The van der Waals surface area contributed by atoms with E-state index in [1.807, 2.05) is 7.05 Å². The van der Waals surface area contributed by atoms with Crippen molar-refractivity contribution in [3.05, 3.63) is 46.5 Å². The molecule has 0 saturated heterocycles. The van der Waals surface area contributed by atoms with E-state index < -0.39 is 11.6 Å². The van der Waals surface area contributed by atoms with Crippen molar-refractivity contribution in [2.24, 2.45) is 7.05 Å². The summed E-state index contributed by atoms with van der Waals surface area (Å²) in [6, 6.07) is 2.42. The molecular formula is C11H10BrF2N3. The minimum Gasteiger partial charge on any atom is -0.373 e. The Balaban J connectivity index is 2.17. The topological polar surface area (TPSA) is 29.9 Å². The summed E-state index contributed by atoms with van der Waals surface area (Å²) >= 11 is 3.02. The van der Waals surface area contributed by atoms with Crippen molar-refractivity contribution >= 4 is 21.6 Å². The lowest BCUT2D eigenvalue weighted by Crippen LogP contribution is -2.08. The maximum Gasteiger partial charge on any atom is 0.150 e. The van der Waals surface area contributed by atoms with Gasteiger partial charge in [0.2, 0.25) is 0 Å². The van der Waals surface area contributed by atoms with Gasteiger partial charge < -0.3 is 9.88 Å². The van der Waals surface area contributed by atoms with Gasteiger partial charge in [-0.25, -0.2) is 13.8 Å². The molecule has 2 rings (SSSR count). The Morgan fingerprint density at radius 3 is 2.53 bits per heavy atom. The number of rotatable bonds is 3. The lowest BCUT2D eigenvalue weighted by molar-refractivity contribution is 0.585. The average molecular weight is 302 g/mol. The number of aryl methyl sites for hydroxylation is 1. The van der Waals surface area contributed by atoms with Gasteiger partial charge in [0.15, 0.2) is 0 Å². The normalized spacial score (nSPS) is 10.6. The minimum absolute atomic E-state index is 0.142. The van der Waals surface area contributed by atoms with Gasteiger partial charge in [-0.15, -0.1) is 0 Å². The molecule has 1 heterocycles. The monoisotopic (exact) mass is 301 g/mol. The zero-order chi connectivity index (χ0) is 12.4. The predicted molar refractivity (Wildman–Crippen MR) is 64.6 cm³/mol. The van der Waals surface area contributed by atoms with Gasteiger partial charge in [0.25, 0.3) is 0 Å². The first-order valence-corrected chi connectivity index (χ1v) is 5.72. The third-order valence-corrected chi connectivity index (χ3v) is 2.81. The fourth-order valence-corrected chi connectivity index (χ4v) is 1.85. The van der Waals surface area contributed by atoms with Crippen molar-refractivity contribution in [3.8, 4) is 0 Å². The molecule has 0 aliphatic rings. The van der Waals surface area contributed by atoms with Crippen molar-refractivity contribution in [1.29, 1.82) is 0 Å². The SMILES string of the molecule is Cn1ccnc1CNc1c(F)cc(Br)cc1F. The van der Waals surface area contributed by atoms with Crippen LogP contribution in [0.5, 0.6) is 0 Å². The van der Waals surface area contributed by atoms with Crippen LogP contribution in [-0.2, 0) is 13.6 Å². The number of imidazole rings is 1. The van der Waals surface area contributed by atoms with Gasteiger partial charge in [-0.3, -0.25) is 0 Å². The molecule has 90 valence electrons. The molecule has 3 nitrogen and oxygen atoms in total. The second-order valence-electron chi connectivity index (χ2n) is 3.55. The first-order chi connectivity index (χ1) is 8.08. The third-order valence-electron chi connectivity index (χ3n) is 2.35. The maximum absolute atomic E-state index is 13.5. The van der Waals surface area contributed by atoms with E-state index in [-0.39, 0.29) is 12.2 Å². The standard InChI is InChI=1S/C11H10BrF2N3/c1-17-3-2-15-10(17)6-16-11-8(13)4-7(12)5-9(11)14/h2-5,16H,6H2,1H3. The van der Waals surface area contributed by atoms with Gasteiger partial charge in [-0.1, -0.05) is 15.9 Å². The molecule has 0 fully saturated rings. The Hall–Kier alpha value is -1.43. The van der Waals surface area contributed by atoms with Gasteiger partial charge in [0.1, 0.15) is 23.1 Å². The van der Waals surface area contributed by atoms with Crippen LogP contribution in [0.1, 0.15) is 5.82 Å². The van der Waals surface area contributed by atoms with E-state index in [1.165, 1.54) is 12.1 Å². The summed E-state index contributed by atoms with van der Waals surface area (Å²) in [4.78, 5) is 4.05. The number of nitrogens with one attached hydrogen (secondary N) is 1. The van der Waals surface area contributed by atoms with E-state index >= 15 is 0 Å². The molecule has 17 heavy (non-hydrogen) atoms. The highest BCUT2D eigenvalue weighted by molar-refractivity contribution is 9.10. The van der Waals surface area contributed by atoms with Crippen molar-refractivity contribution < 1.29 is 8.78 Å². The molecule has 1 N–H and O–H groups in total. The van der Waals surface area contributed by atoms with Gasteiger partial charge in [-0.05, 0) is 12.1 Å². The summed E-state index contributed by atoms with van der Waals surface area (Å²) in [5.41, 5.74) is -0.142. The lowest BCUT2D eigenvalue weighted by atomic mass is 10.3. The van der Waals surface area contributed by atoms with E-state index in [2.05, 4.69) is 26.2 Å². The van der Waals surface area contributed by atoms with Crippen molar-refractivity contribution in [2.75, 3.05) is 5.32 Å². The number of halogens is 3. The summed E-state index contributed by atoms with van der Waals surface area (Å²) in [6.07, 6.45) is 3.40. The molecular weight excluding hydrogens is 292 g/mol. The molecule has 0 saturated carbocycles. The summed E-state index contributed by atoms with van der Waals surface area (Å²) < 4.78 is 29.1. The number of hydrogen-bond acceptors (Lipinski definition) is 2. The van der Waals surface area contributed by atoms with Crippen molar-refractivity contribution in [3.63, 3.8) is 0 Å². The Morgan fingerprint density at radius 1 is 1.35 bits per heavy atom. The number of nitrogens with zero attached hydrogens (tertiary/aromatic N) is 2. The molecule has 0 unspecified atom stereocenters. The predicted octanol–water partition coefficient (Wildman–Crippen LogP) is 3.07. The zero-order valence-electron chi connectivity index (χ0n) is 9.04. The first kappa shape index (κ1) is 12.0. The smallest absolute Gasteiger partial charge is 0.150 e. The van der Waals surface area contributed by atoms with Crippen LogP contribution in [0.25, 0.3) is 0 Å². The minimum atomic E-state index is -0.633. The second kappa shape index (κ2) is 4.83. The highest BCUT2D eigenvalue weighted by Crippen LogP contribution is 2.24. The average Bonchev–Trinajstić information content (AvgIpc) is 2.62. The quantitative estimate of drug-likeness (QED) is 0.944. The summed E-state index contributed by atoms with van der Waals surface area (Å²) in [5.74, 6) is -0.566. The molecule has 0 spiro atoms. The molecule has 0 atom stereocenters. The van der Waals surface area contributed by atoms with E-state index in [0.717, 1.165) is 0 Å². The largest absolute Gasteiger partial charge is 0.373 e. The Labute approximate surface area is 106 Å². The summed E-state index contributed by atoms with van der Waals surface area (Å²) in [6.45, 7) is 0.263. The van der Waals surface area contributed by atoms with Crippen molar-refractivity contribution in [1.82, 2.24) is 9.55 Å². The van der Waals surface area contributed by atoms with Gasteiger partial charge in [-0.2, -0.15) is 0 Å². The molecule has 0 aliphatic heterocycles. The Bertz CT molecular complexity index is 516. The molecule has 6 heteroatoms. The van der Waals surface area contributed by atoms with E-state index in [4.69, 9.17) is 0 Å². The summed E-state index contributed by atoms with van der Waals surface area (Å²) in [5, 5.41) is 2.70. The number of benzene rings is 1. The van der Waals surface area contributed by atoms with Crippen LogP contribution in [0, 0.1) is 11.6 Å². The van der Waals surface area contributed by atoms with E-state index in [1.54, 1.807) is 17.0 Å². The fraction of sp³-hybridized carbons (Fsp3) is 0.182. The Morgan fingerprint density at radius 2 is 2.00 bits per heavy atom. The van der Waals surface area contributed by atoms with Crippen LogP contribution >= 0.6 is 15.9 Å². The van der Waals surface area contributed by atoms with Crippen LogP contribution in [0.4, 0.5) is 14.5 Å². The molecule has 0 bridgehead atoms. The first-order valence-electron chi connectivity index (χ1n) is 4.92. The zero-order valence-corrected chi connectivity index (χ0v) is 10.6. The highest BCUT2D eigenvalue weighted by atomic mass is 79.9. The van der Waals surface area contributed by atoms with E-state index in [0.29, 0.717) is 10.3 Å². The lowest BCUT2D eigenvalue weighted by Gasteiger charge is -2.09. The van der Waals surface area contributed by atoms with E-state index in [9.17, 15) is 8.78 Å². The number of hydrogen-bond donors (Lipinski definition) is 1. The number of anilines is 1. The van der Waals surface area contributed by atoms with Crippen LogP contribution < -0.4 is 5.32 Å². The van der Waals surface area contributed by atoms with Crippen molar-refractivity contribution in [2.45, 2.75) is 6.54 Å². The van der Waals surface area contributed by atoms with Crippen LogP contribution in [0.3, 0.4) is 0 Å². The molecule has 0 radical (unpaired) electrons. The molecule has 0 aliphatic carbocycles. The molecule has 1 aromatic carbocycles. The van der Waals surface area contributed by atoms with Crippen LogP contribution in [0.2, 0.25) is 0 Å². The molecule has 0 amide bonds. The fourth-order valence-electron chi connectivity index (χ4n) is 1.45. The van der Waals surface area contributed by atoms with Crippen LogP contribution in [-0.4, -0.2) is 9.55 Å². The van der Waals surface area contributed by atoms with Gasteiger partial charge >= 0.3 is 0 Å². The second-order valence-corrected chi connectivity index (χ2v) is 4.47. The summed E-state index contributed by atoms with van der Waals surface area (Å²) in [7, 11) is 1.82. The van der Waals surface area contributed by atoms with Crippen LogP contribution in [0.15, 0.2) is 29.0 Å². The maximum atomic E-state index is 13.5. The van der Waals surface area contributed by atoms with Gasteiger partial charge in [0, 0.05) is 23.9 Å². The molecule has 2 aromatic rings. The third kappa shape index (κ3) is 2.63. The van der Waals surface area contributed by atoms with Gasteiger partial charge in [0.05, 0.1) is 6.54 Å². The highest BCUT2D eigenvalue weighted by Gasteiger charge is 2.10. The number of aromatic nitrogens is 2.